The van der Waals surface area contributed by atoms with Crippen LogP contribution in [0.3, 0.4) is 0 Å². The highest BCUT2D eigenvalue weighted by Gasteiger charge is 2.29. The van der Waals surface area contributed by atoms with E-state index in [0.29, 0.717) is 17.9 Å². The fraction of sp³-hybridized carbons (Fsp3) is 0.316. The summed E-state index contributed by atoms with van der Waals surface area (Å²) < 4.78 is 15.7. The predicted octanol–water partition coefficient (Wildman–Crippen LogP) is 3.84. The van der Waals surface area contributed by atoms with Gasteiger partial charge in [0.15, 0.2) is 6.29 Å². The largest absolute Gasteiger partial charge is 0.514 e. The van der Waals surface area contributed by atoms with Gasteiger partial charge in [-0.1, -0.05) is 30.3 Å². The lowest BCUT2D eigenvalue weighted by atomic mass is 9.86. The van der Waals surface area contributed by atoms with Crippen molar-refractivity contribution in [2.24, 2.45) is 0 Å². The molecule has 0 aromatic heterocycles. The van der Waals surface area contributed by atoms with Crippen LogP contribution in [0.15, 0.2) is 48.5 Å². The third-order valence-corrected chi connectivity index (χ3v) is 3.79. The van der Waals surface area contributed by atoms with E-state index < -0.39 is 12.4 Å². The van der Waals surface area contributed by atoms with Gasteiger partial charge in [0.25, 0.3) is 0 Å². The molecule has 0 fully saturated rings. The summed E-state index contributed by atoms with van der Waals surface area (Å²) in [6.07, 6.45) is -1.40. The Balaban J connectivity index is 1.90. The molecule has 5 nitrogen and oxygen atoms in total. The van der Waals surface area contributed by atoms with Gasteiger partial charge in [0.2, 0.25) is 0 Å². The van der Waals surface area contributed by atoms with E-state index in [-0.39, 0.29) is 12.0 Å². The summed E-state index contributed by atoms with van der Waals surface area (Å²) in [6, 6.07) is 15.0. The number of hydrogen-bond acceptors (Lipinski definition) is 5. The van der Waals surface area contributed by atoms with Crippen LogP contribution in [0.4, 0.5) is 4.79 Å². The fourth-order valence-corrected chi connectivity index (χ4v) is 2.81. The van der Waals surface area contributed by atoms with Gasteiger partial charge in [-0.25, -0.2) is 4.79 Å². The van der Waals surface area contributed by atoms with Crippen LogP contribution >= 0.6 is 0 Å². The van der Waals surface area contributed by atoms with Crippen molar-refractivity contribution in [3.05, 3.63) is 59.7 Å². The number of benzene rings is 2. The minimum atomic E-state index is -0.861. The van der Waals surface area contributed by atoms with Crippen molar-refractivity contribution in [1.82, 2.24) is 0 Å². The minimum absolute atomic E-state index is 0.0328. The van der Waals surface area contributed by atoms with Crippen LogP contribution in [0, 0.1) is 0 Å². The molecule has 5 heteroatoms. The lowest BCUT2D eigenvalue weighted by Crippen LogP contribution is -2.25. The molecule has 2 atom stereocenters. The lowest BCUT2D eigenvalue weighted by Gasteiger charge is -2.30. The lowest BCUT2D eigenvalue weighted by molar-refractivity contribution is -0.0360. The average Bonchev–Trinajstić information content (AvgIpc) is 2.54. The number of aliphatic hydroxyl groups is 1. The Morgan fingerprint density at radius 3 is 2.67 bits per heavy atom. The molecule has 2 aromatic carbocycles. The van der Waals surface area contributed by atoms with Crippen molar-refractivity contribution < 1.29 is 24.1 Å². The van der Waals surface area contributed by atoms with Crippen molar-refractivity contribution in [3.8, 4) is 11.5 Å². The molecule has 0 spiro atoms. The molecular weight excluding hydrogens is 308 g/mol. The van der Waals surface area contributed by atoms with Gasteiger partial charge in [-0.05, 0) is 37.6 Å². The zero-order valence-electron chi connectivity index (χ0n) is 13.6. The maximum absolute atomic E-state index is 11.7. The van der Waals surface area contributed by atoms with Gasteiger partial charge >= 0.3 is 6.16 Å². The average molecular weight is 328 g/mol. The number of aliphatic hydroxyl groups excluding tert-OH is 1. The van der Waals surface area contributed by atoms with Gasteiger partial charge in [0.1, 0.15) is 11.5 Å². The summed E-state index contributed by atoms with van der Waals surface area (Å²) in [7, 11) is 0. The molecule has 126 valence electrons. The minimum Gasteiger partial charge on any atom is -0.465 e. The Hall–Kier alpha value is -2.53. The number of hydrogen-bond donors (Lipinski definition) is 1. The number of carbonyl (C=O) groups is 1. The molecule has 1 aliphatic heterocycles. The highest BCUT2D eigenvalue weighted by molar-refractivity contribution is 5.64. The van der Waals surface area contributed by atoms with E-state index in [1.54, 1.807) is 32.0 Å². The monoisotopic (exact) mass is 328 g/mol. The van der Waals surface area contributed by atoms with E-state index in [4.69, 9.17) is 14.2 Å². The third kappa shape index (κ3) is 3.68. The molecule has 0 amide bonds. The molecule has 0 radical (unpaired) electrons. The smallest absolute Gasteiger partial charge is 0.465 e. The second-order valence-electron chi connectivity index (χ2n) is 5.99. The van der Waals surface area contributed by atoms with E-state index in [1.807, 2.05) is 30.3 Å². The molecule has 24 heavy (non-hydrogen) atoms. The third-order valence-electron chi connectivity index (χ3n) is 3.79. The summed E-state index contributed by atoms with van der Waals surface area (Å²) in [6.45, 7) is 3.52. The maximum Gasteiger partial charge on any atom is 0.514 e. The van der Waals surface area contributed by atoms with Crippen molar-refractivity contribution in [3.63, 3.8) is 0 Å². The van der Waals surface area contributed by atoms with E-state index in [1.165, 1.54) is 0 Å². The van der Waals surface area contributed by atoms with Gasteiger partial charge in [-0.2, -0.15) is 0 Å². The van der Waals surface area contributed by atoms with Gasteiger partial charge < -0.3 is 19.3 Å². The molecule has 2 aromatic rings. The van der Waals surface area contributed by atoms with E-state index in [2.05, 4.69) is 0 Å². The van der Waals surface area contributed by atoms with Gasteiger partial charge in [-0.15, -0.1) is 0 Å². The zero-order valence-corrected chi connectivity index (χ0v) is 13.6. The summed E-state index contributed by atoms with van der Waals surface area (Å²) in [5.74, 6) is 0.946. The Morgan fingerprint density at radius 2 is 1.96 bits per heavy atom. The SMILES string of the molecule is CC(C)OC(=O)Oc1ccc2c(c1)[C@H](c1ccccc1)C[C@H](O)O2. The molecular formula is C19H20O5. The van der Waals surface area contributed by atoms with Crippen LogP contribution in [0.25, 0.3) is 0 Å². The number of carbonyl (C=O) groups excluding carboxylic acids is 1. The highest BCUT2D eigenvalue weighted by Crippen LogP contribution is 2.41. The predicted molar refractivity (Wildman–Crippen MR) is 88.2 cm³/mol. The number of fused-ring (bicyclic) bond motifs is 1. The van der Waals surface area contributed by atoms with E-state index >= 15 is 0 Å². The molecule has 1 heterocycles. The van der Waals surface area contributed by atoms with Crippen LogP contribution < -0.4 is 9.47 Å². The highest BCUT2D eigenvalue weighted by atomic mass is 16.7. The first-order valence-electron chi connectivity index (χ1n) is 7.95. The fourth-order valence-electron chi connectivity index (χ4n) is 2.81. The van der Waals surface area contributed by atoms with Crippen molar-refractivity contribution in [1.29, 1.82) is 0 Å². The molecule has 1 aliphatic rings. The topological polar surface area (TPSA) is 65.0 Å². The molecule has 3 rings (SSSR count). The first-order chi connectivity index (χ1) is 11.5. The first kappa shape index (κ1) is 16.3. The van der Waals surface area contributed by atoms with Gasteiger partial charge in [0.05, 0.1) is 6.10 Å². The van der Waals surface area contributed by atoms with Crippen molar-refractivity contribution in [2.75, 3.05) is 0 Å². The Bertz CT molecular complexity index is 711. The first-order valence-corrected chi connectivity index (χ1v) is 7.95. The standard InChI is InChI=1S/C19H20O5/c1-12(2)22-19(21)23-14-8-9-17-16(10-14)15(11-18(20)24-17)13-6-4-3-5-7-13/h3-10,12,15,18,20H,11H2,1-2H3/t15-,18+/m0/s1. The summed E-state index contributed by atoms with van der Waals surface area (Å²) in [4.78, 5) is 11.7. The van der Waals surface area contributed by atoms with Crippen LogP contribution in [0.1, 0.15) is 37.3 Å². The number of rotatable bonds is 3. The molecule has 0 unspecified atom stereocenters. The zero-order chi connectivity index (χ0) is 17.1. The van der Waals surface area contributed by atoms with E-state index in [0.717, 1.165) is 11.1 Å². The van der Waals surface area contributed by atoms with Gasteiger partial charge in [0, 0.05) is 17.9 Å². The maximum atomic E-state index is 11.7. The van der Waals surface area contributed by atoms with Crippen LogP contribution in [0.5, 0.6) is 11.5 Å². The second-order valence-corrected chi connectivity index (χ2v) is 5.99. The number of ether oxygens (including phenoxy) is 3. The second kappa shape index (κ2) is 6.93. The van der Waals surface area contributed by atoms with Crippen molar-refractivity contribution in [2.45, 2.75) is 38.6 Å². The summed E-state index contributed by atoms with van der Waals surface area (Å²) >= 11 is 0. The Kier molecular flexibility index (Phi) is 4.71. The quantitative estimate of drug-likeness (QED) is 0.685. The van der Waals surface area contributed by atoms with Crippen LogP contribution in [0.2, 0.25) is 0 Å². The summed E-state index contributed by atoms with van der Waals surface area (Å²) in [5.41, 5.74) is 1.95. The molecule has 0 aliphatic carbocycles. The molecule has 1 N–H and O–H groups in total. The van der Waals surface area contributed by atoms with Gasteiger partial charge in [-0.3, -0.25) is 0 Å². The van der Waals surface area contributed by atoms with Crippen LogP contribution in [-0.2, 0) is 4.74 Å². The molecule has 0 saturated carbocycles. The Morgan fingerprint density at radius 1 is 1.21 bits per heavy atom. The Labute approximate surface area is 140 Å². The summed E-state index contributed by atoms with van der Waals surface area (Å²) in [5, 5.41) is 9.97. The van der Waals surface area contributed by atoms with E-state index in [9.17, 15) is 9.90 Å². The van der Waals surface area contributed by atoms with Crippen LogP contribution in [-0.4, -0.2) is 23.7 Å². The normalized spacial score (nSPS) is 19.3. The molecule has 0 bridgehead atoms. The van der Waals surface area contributed by atoms with Crippen molar-refractivity contribution >= 4 is 6.16 Å². The molecule has 0 saturated heterocycles.